The normalized spacial score (nSPS) is 18.5. The minimum absolute atomic E-state index is 0.305. The first kappa shape index (κ1) is 13.0. The van der Waals surface area contributed by atoms with E-state index in [9.17, 15) is 4.79 Å². The van der Waals surface area contributed by atoms with Gasteiger partial charge in [-0.15, -0.1) is 0 Å². The number of hydrogen-bond acceptors (Lipinski definition) is 4. The van der Waals surface area contributed by atoms with Crippen LogP contribution in [0, 0.1) is 0 Å². The Bertz CT molecular complexity index is 398. The lowest BCUT2D eigenvalue weighted by molar-refractivity contribution is -0.183. The zero-order valence-electron chi connectivity index (χ0n) is 10.0. The maximum atomic E-state index is 10.7. The first-order valence-corrected chi connectivity index (χ1v) is 5.97. The molecule has 0 saturated carbocycles. The Kier molecular flexibility index (Phi) is 4.30. The lowest BCUT2D eigenvalue weighted by Gasteiger charge is -2.23. The van der Waals surface area contributed by atoms with Gasteiger partial charge in [-0.1, -0.05) is 24.3 Å². The fourth-order valence-electron chi connectivity index (χ4n) is 1.83. The smallest absolute Gasteiger partial charge is 0.320 e. The first-order valence-electron chi connectivity index (χ1n) is 5.97. The van der Waals surface area contributed by atoms with Crippen LogP contribution >= 0.6 is 0 Å². The monoisotopic (exact) mass is 251 g/mol. The van der Waals surface area contributed by atoms with Crippen molar-refractivity contribution >= 4 is 5.97 Å². The largest absolute Gasteiger partial charge is 0.480 e. The van der Waals surface area contributed by atoms with E-state index in [1.54, 1.807) is 0 Å². The number of ether oxygens (including phenoxy) is 2. The van der Waals surface area contributed by atoms with Crippen LogP contribution in [-0.4, -0.2) is 30.3 Å². The van der Waals surface area contributed by atoms with Crippen LogP contribution in [0.25, 0.3) is 0 Å². The molecule has 1 atom stereocenters. The van der Waals surface area contributed by atoms with E-state index in [1.807, 2.05) is 24.3 Å². The summed E-state index contributed by atoms with van der Waals surface area (Å²) in [6.45, 7) is 1.41. The van der Waals surface area contributed by atoms with Gasteiger partial charge in [-0.2, -0.15) is 0 Å². The molecule has 0 bridgehead atoms. The summed E-state index contributed by atoms with van der Waals surface area (Å²) in [4.78, 5) is 10.7. The zero-order valence-corrected chi connectivity index (χ0v) is 10.0. The molecule has 98 valence electrons. The van der Waals surface area contributed by atoms with Gasteiger partial charge in [0.05, 0.1) is 13.2 Å². The summed E-state index contributed by atoms with van der Waals surface area (Å²) < 4.78 is 11.0. The summed E-state index contributed by atoms with van der Waals surface area (Å²) in [6, 6.07) is 6.64. The third-order valence-corrected chi connectivity index (χ3v) is 2.85. The van der Waals surface area contributed by atoms with Crippen molar-refractivity contribution < 1.29 is 19.4 Å². The molecule has 2 rings (SSSR count). The average molecular weight is 251 g/mol. The third kappa shape index (κ3) is 3.29. The molecule has 1 fully saturated rings. The summed E-state index contributed by atoms with van der Waals surface area (Å²) in [5, 5.41) is 8.74. The van der Waals surface area contributed by atoms with Gasteiger partial charge in [0.25, 0.3) is 0 Å². The van der Waals surface area contributed by atoms with Gasteiger partial charge in [-0.25, -0.2) is 0 Å². The Morgan fingerprint density at radius 3 is 2.50 bits per heavy atom. The Labute approximate surface area is 106 Å². The SMILES string of the molecule is NC(Cc1ccc(C2OCCCO2)cc1)C(=O)O. The molecule has 1 aliphatic heterocycles. The van der Waals surface area contributed by atoms with E-state index < -0.39 is 12.0 Å². The molecule has 0 amide bonds. The molecule has 18 heavy (non-hydrogen) atoms. The highest BCUT2D eigenvalue weighted by molar-refractivity contribution is 5.73. The Morgan fingerprint density at radius 2 is 1.94 bits per heavy atom. The third-order valence-electron chi connectivity index (χ3n) is 2.85. The van der Waals surface area contributed by atoms with Crippen molar-refractivity contribution in [1.82, 2.24) is 0 Å². The maximum absolute atomic E-state index is 10.7. The zero-order chi connectivity index (χ0) is 13.0. The minimum Gasteiger partial charge on any atom is -0.480 e. The molecule has 0 aliphatic carbocycles. The van der Waals surface area contributed by atoms with Gasteiger partial charge in [0.2, 0.25) is 0 Å². The second kappa shape index (κ2) is 5.95. The van der Waals surface area contributed by atoms with E-state index >= 15 is 0 Å². The number of carbonyl (C=O) groups is 1. The molecule has 1 heterocycles. The second-order valence-electron chi connectivity index (χ2n) is 4.32. The van der Waals surface area contributed by atoms with Crippen LogP contribution in [-0.2, 0) is 20.7 Å². The molecule has 1 aliphatic rings. The van der Waals surface area contributed by atoms with Crippen molar-refractivity contribution in [3.63, 3.8) is 0 Å². The lowest BCUT2D eigenvalue weighted by atomic mass is 10.0. The minimum atomic E-state index is -0.988. The summed E-state index contributed by atoms with van der Waals surface area (Å²) in [6.07, 6.45) is 0.935. The first-order chi connectivity index (χ1) is 8.66. The van der Waals surface area contributed by atoms with Crippen LogP contribution < -0.4 is 5.73 Å². The molecule has 0 spiro atoms. The molecule has 5 nitrogen and oxygen atoms in total. The van der Waals surface area contributed by atoms with Gasteiger partial charge in [-0.05, 0) is 18.4 Å². The summed E-state index contributed by atoms with van der Waals surface area (Å²) >= 11 is 0. The predicted octanol–water partition coefficient (Wildman–Crippen LogP) is 1.08. The fraction of sp³-hybridized carbons (Fsp3) is 0.462. The van der Waals surface area contributed by atoms with Gasteiger partial charge in [0.1, 0.15) is 6.04 Å². The van der Waals surface area contributed by atoms with Crippen molar-refractivity contribution in [1.29, 1.82) is 0 Å². The number of carboxylic acid groups (broad SMARTS) is 1. The van der Waals surface area contributed by atoms with E-state index in [0.717, 1.165) is 17.5 Å². The standard InChI is InChI=1S/C13H17NO4/c14-11(12(15)16)8-9-2-4-10(5-3-9)13-17-6-1-7-18-13/h2-5,11,13H,1,6-8,14H2,(H,15,16). The van der Waals surface area contributed by atoms with E-state index in [2.05, 4.69) is 0 Å². The van der Waals surface area contributed by atoms with Gasteiger partial charge >= 0.3 is 5.97 Å². The molecule has 1 unspecified atom stereocenters. The molecule has 0 radical (unpaired) electrons. The van der Waals surface area contributed by atoms with E-state index in [4.69, 9.17) is 20.3 Å². The van der Waals surface area contributed by atoms with Crippen LogP contribution in [0.3, 0.4) is 0 Å². The van der Waals surface area contributed by atoms with Crippen LogP contribution in [0.4, 0.5) is 0 Å². The topological polar surface area (TPSA) is 81.8 Å². The van der Waals surface area contributed by atoms with Crippen molar-refractivity contribution in [3.05, 3.63) is 35.4 Å². The summed E-state index contributed by atoms with van der Waals surface area (Å²) in [5.41, 5.74) is 7.32. The highest BCUT2D eigenvalue weighted by Crippen LogP contribution is 2.23. The Hall–Kier alpha value is -1.43. The molecular formula is C13H17NO4. The van der Waals surface area contributed by atoms with Crippen molar-refractivity contribution in [3.8, 4) is 0 Å². The van der Waals surface area contributed by atoms with Gasteiger partial charge < -0.3 is 20.3 Å². The Balaban J connectivity index is 1.98. The summed E-state index contributed by atoms with van der Waals surface area (Å²) in [5.74, 6) is -0.988. The number of aliphatic carboxylic acids is 1. The second-order valence-corrected chi connectivity index (χ2v) is 4.32. The van der Waals surface area contributed by atoms with Gasteiger partial charge in [-0.3, -0.25) is 4.79 Å². The number of hydrogen-bond donors (Lipinski definition) is 2. The summed E-state index contributed by atoms with van der Waals surface area (Å²) in [7, 11) is 0. The molecule has 1 aromatic rings. The van der Waals surface area contributed by atoms with Gasteiger partial charge in [0.15, 0.2) is 6.29 Å². The van der Waals surface area contributed by atoms with E-state index in [-0.39, 0.29) is 6.29 Å². The van der Waals surface area contributed by atoms with E-state index in [0.29, 0.717) is 19.6 Å². The van der Waals surface area contributed by atoms with Crippen LogP contribution in [0.5, 0.6) is 0 Å². The highest BCUT2D eigenvalue weighted by atomic mass is 16.7. The van der Waals surface area contributed by atoms with E-state index in [1.165, 1.54) is 0 Å². The van der Waals surface area contributed by atoms with Gasteiger partial charge in [0, 0.05) is 5.56 Å². The van der Waals surface area contributed by atoms with Crippen LogP contribution in [0.15, 0.2) is 24.3 Å². The lowest BCUT2D eigenvalue weighted by Crippen LogP contribution is -2.32. The van der Waals surface area contributed by atoms with Crippen molar-refractivity contribution in [2.45, 2.75) is 25.2 Å². The molecule has 0 aromatic heterocycles. The highest BCUT2D eigenvalue weighted by Gasteiger charge is 2.17. The number of rotatable bonds is 4. The molecule has 1 aromatic carbocycles. The van der Waals surface area contributed by atoms with Crippen LogP contribution in [0.1, 0.15) is 23.8 Å². The number of nitrogens with two attached hydrogens (primary N) is 1. The molecule has 1 saturated heterocycles. The quantitative estimate of drug-likeness (QED) is 0.836. The number of benzene rings is 1. The molecule has 3 N–H and O–H groups in total. The molecular weight excluding hydrogens is 234 g/mol. The van der Waals surface area contributed by atoms with Crippen molar-refractivity contribution in [2.24, 2.45) is 5.73 Å². The van der Waals surface area contributed by atoms with Crippen molar-refractivity contribution in [2.75, 3.05) is 13.2 Å². The predicted molar refractivity (Wildman–Crippen MR) is 65.0 cm³/mol. The average Bonchev–Trinajstić information content (AvgIpc) is 2.40. The number of carboxylic acids is 1. The Morgan fingerprint density at radius 1 is 1.33 bits per heavy atom. The van der Waals surface area contributed by atoms with Crippen LogP contribution in [0.2, 0.25) is 0 Å². The molecule has 5 heteroatoms. The maximum Gasteiger partial charge on any atom is 0.320 e. The fourth-order valence-corrected chi connectivity index (χ4v) is 1.83.